The summed E-state index contributed by atoms with van der Waals surface area (Å²) in [5.74, 6) is -0.00918. The van der Waals surface area contributed by atoms with E-state index in [1.165, 1.54) is 0 Å². The van der Waals surface area contributed by atoms with Crippen LogP contribution in [0.2, 0.25) is 0 Å². The number of ether oxygens (including phenoxy) is 1. The van der Waals surface area contributed by atoms with Gasteiger partial charge in [0.05, 0.1) is 18.1 Å². The third kappa shape index (κ3) is 2.47. The van der Waals surface area contributed by atoms with Crippen LogP contribution in [0.25, 0.3) is 0 Å². The van der Waals surface area contributed by atoms with Crippen LogP contribution in [0.5, 0.6) is 0 Å². The minimum absolute atomic E-state index is 0.00918. The zero-order valence-electron chi connectivity index (χ0n) is 9.97. The molecule has 1 atom stereocenters. The molecule has 1 unspecified atom stereocenters. The van der Waals surface area contributed by atoms with Gasteiger partial charge >= 0.3 is 0 Å². The number of aliphatic hydroxyl groups excluding tert-OH is 1. The van der Waals surface area contributed by atoms with Gasteiger partial charge in [-0.15, -0.1) is 0 Å². The molecular formula is C12H15BrO4S. The molecule has 0 radical (unpaired) electrons. The lowest BCUT2D eigenvalue weighted by Gasteiger charge is -2.26. The molecule has 1 saturated heterocycles. The second-order valence-electron chi connectivity index (χ2n) is 4.48. The standard InChI is InChI=1S/C12H15BrO4S/c1-8(5-14)9-2-3-12(11(13)4-9)18(15,16)10-6-17-7-10/h2-4,8,10,14H,5-7H2,1H3. The van der Waals surface area contributed by atoms with Gasteiger partial charge in [0.1, 0.15) is 5.25 Å². The smallest absolute Gasteiger partial charge is 0.186 e. The third-order valence-corrected chi connectivity index (χ3v) is 6.19. The zero-order valence-corrected chi connectivity index (χ0v) is 12.4. The highest BCUT2D eigenvalue weighted by molar-refractivity contribution is 9.10. The van der Waals surface area contributed by atoms with Crippen LogP contribution in [0.4, 0.5) is 0 Å². The Bertz CT molecular complexity index is 537. The van der Waals surface area contributed by atoms with Gasteiger partial charge in [0.2, 0.25) is 0 Å². The predicted molar refractivity (Wildman–Crippen MR) is 71.4 cm³/mol. The Morgan fingerprint density at radius 2 is 2.17 bits per heavy atom. The molecule has 1 aliphatic rings. The minimum Gasteiger partial charge on any atom is -0.396 e. The number of hydrogen-bond donors (Lipinski definition) is 1. The van der Waals surface area contributed by atoms with E-state index in [1.54, 1.807) is 18.2 Å². The van der Waals surface area contributed by atoms with Gasteiger partial charge in [0.25, 0.3) is 0 Å². The molecule has 6 heteroatoms. The van der Waals surface area contributed by atoms with E-state index in [0.717, 1.165) is 5.56 Å². The number of benzene rings is 1. The average molecular weight is 335 g/mol. The van der Waals surface area contributed by atoms with E-state index in [0.29, 0.717) is 9.37 Å². The van der Waals surface area contributed by atoms with Crippen molar-refractivity contribution in [3.05, 3.63) is 28.2 Å². The number of rotatable bonds is 4. The number of sulfone groups is 1. The minimum atomic E-state index is -3.32. The van der Waals surface area contributed by atoms with Gasteiger partial charge in [-0.3, -0.25) is 0 Å². The van der Waals surface area contributed by atoms with Gasteiger partial charge in [-0.2, -0.15) is 0 Å². The van der Waals surface area contributed by atoms with Gasteiger partial charge in [-0.1, -0.05) is 13.0 Å². The van der Waals surface area contributed by atoms with Crippen LogP contribution in [-0.4, -0.2) is 38.6 Å². The van der Waals surface area contributed by atoms with E-state index in [9.17, 15) is 8.42 Å². The summed E-state index contributed by atoms with van der Waals surface area (Å²) < 4.78 is 29.9. The Morgan fingerprint density at radius 3 is 2.61 bits per heavy atom. The molecule has 1 fully saturated rings. The van der Waals surface area contributed by atoms with E-state index in [4.69, 9.17) is 9.84 Å². The van der Waals surface area contributed by atoms with Crippen LogP contribution in [0.3, 0.4) is 0 Å². The highest BCUT2D eigenvalue weighted by atomic mass is 79.9. The fourth-order valence-electron chi connectivity index (χ4n) is 1.73. The molecule has 0 aromatic heterocycles. The van der Waals surface area contributed by atoms with E-state index in [-0.39, 0.29) is 25.7 Å². The third-order valence-electron chi connectivity index (χ3n) is 3.15. The van der Waals surface area contributed by atoms with Crippen LogP contribution in [0.1, 0.15) is 18.4 Å². The molecule has 1 heterocycles. The summed E-state index contributed by atoms with van der Waals surface area (Å²) in [6, 6.07) is 5.10. The lowest BCUT2D eigenvalue weighted by molar-refractivity contribution is 0.0416. The van der Waals surface area contributed by atoms with Crippen LogP contribution in [0.15, 0.2) is 27.6 Å². The van der Waals surface area contributed by atoms with E-state index >= 15 is 0 Å². The van der Waals surface area contributed by atoms with Crippen molar-refractivity contribution in [3.63, 3.8) is 0 Å². The highest BCUT2D eigenvalue weighted by Gasteiger charge is 2.35. The topological polar surface area (TPSA) is 63.6 Å². The fourth-order valence-corrected chi connectivity index (χ4v) is 4.30. The molecule has 0 bridgehead atoms. The Hall–Kier alpha value is -0.430. The van der Waals surface area contributed by atoms with Crippen LogP contribution >= 0.6 is 15.9 Å². The summed E-state index contributed by atoms with van der Waals surface area (Å²) >= 11 is 3.30. The maximum Gasteiger partial charge on any atom is 0.186 e. The molecule has 1 aliphatic heterocycles. The Labute approximate surface area is 115 Å². The van der Waals surface area contributed by atoms with Crippen LogP contribution in [0, 0.1) is 0 Å². The second-order valence-corrected chi connectivity index (χ2v) is 7.53. The van der Waals surface area contributed by atoms with Crippen molar-refractivity contribution in [1.82, 2.24) is 0 Å². The maximum atomic E-state index is 12.2. The van der Waals surface area contributed by atoms with Gasteiger partial charge in [-0.25, -0.2) is 8.42 Å². The first-order valence-electron chi connectivity index (χ1n) is 5.68. The predicted octanol–water partition coefficient (Wildman–Crippen LogP) is 1.72. The summed E-state index contributed by atoms with van der Waals surface area (Å²) in [5.41, 5.74) is 0.910. The van der Waals surface area contributed by atoms with E-state index in [2.05, 4.69) is 15.9 Å². The molecule has 1 N–H and O–H groups in total. The van der Waals surface area contributed by atoms with E-state index in [1.807, 2.05) is 6.92 Å². The average Bonchev–Trinajstić information content (AvgIpc) is 2.24. The Morgan fingerprint density at radius 1 is 1.50 bits per heavy atom. The largest absolute Gasteiger partial charge is 0.396 e. The summed E-state index contributed by atoms with van der Waals surface area (Å²) in [6.07, 6.45) is 0. The molecule has 0 spiro atoms. The summed E-state index contributed by atoms with van der Waals surface area (Å²) in [6.45, 7) is 2.46. The molecule has 0 aliphatic carbocycles. The number of hydrogen-bond acceptors (Lipinski definition) is 4. The molecule has 18 heavy (non-hydrogen) atoms. The van der Waals surface area contributed by atoms with Crippen molar-refractivity contribution in [3.8, 4) is 0 Å². The highest BCUT2D eigenvalue weighted by Crippen LogP contribution is 2.30. The van der Waals surface area contributed by atoms with Gasteiger partial charge < -0.3 is 9.84 Å². The number of aliphatic hydroxyl groups is 1. The Balaban J connectivity index is 2.35. The fraction of sp³-hybridized carbons (Fsp3) is 0.500. The van der Waals surface area contributed by atoms with Crippen LogP contribution < -0.4 is 0 Å². The molecular weight excluding hydrogens is 320 g/mol. The van der Waals surface area contributed by atoms with Crippen molar-refractivity contribution in [1.29, 1.82) is 0 Å². The maximum absolute atomic E-state index is 12.2. The van der Waals surface area contributed by atoms with Crippen molar-refractivity contribution in [2.24, 2.45) is 0 Å². The number of halogens is 1. The molecule has 100 valence electrons. The molecule has 0 saturated carbocycles. The Kier molecular flexibility index (Phi) is 4.11. The molecule has 0 amide bonds. The van der Waals surface area contributed by atoms with Crippen molar-refractivity contribution in [2.45, 2.75) is 23.0 Å². The van der Waals surface area contributed by atoms with Crippen molar-refractivity contribution < 1.29 is 18.3 Å². The van der Waals surface area contributed by atoms with Crippen molar-refractivity contribution >= 4 is 25.8 Å². The van der Waals surface area contributed by atoms with Crippen LogP contribution in [-0.2, 0) is 14.6 Å². The first kappa shape index (κ1) is 14.0. The van der Waals surface area contributed by atoms with Gasteiger partial charge in [0, 0.05) is 17.0 Å². The van der Waals surface area contributed by atoms with Crippen molar-refractivity contribution in [2.75, 3.05) is 19.8 Å². The zero-order chi connectivity index (χ0) is 13.3. The van der Waals surface area contributed by atoms with E-state index < -0.39 is 15.1 Å². The monoisotopic (exact) mass is 334 g/mol. The first-order valence-corrected chi connectivity index (χ1v) is 8.02. The first-order chi connectivity index (χ1) is 8.46. The summed E-state index contributed by atoms with van der Waals surface area (Å²) in [5, 5.41) is 8.66. The molecule has 4 nitrogen and oxygen atoms in total. The van der Waals surface area contributed by atoms with Gasteiger partial charge in [0.15, 0.2) is 9.84 Å². The SMILES string of the molecule is CC(CO)c1ccc(S(=O)(=O)C2COC2)c(Br)c1. The lowest BCUT2D eigenvalue weighted by atomic mass is 10.0. The second kappa shape index (κ2) is 5.28. The van der Waals surface area contributed by atoms with Gasteiger partial charge in [-0.05, 0) is 33.6 Å². The quantitative estimate of drug-likeness (QED) is 0.910. The summed E-state index contributed by atoms with van der Waals surface area (Å²) in [7, 11) is -3.32. The molecule has 1 aromatic rings. The summed E-state index contributed by atoms with van der Waals surface area (Å²) in [4.78, 5) is 0.296. The lowest BCUT2D eigenvalue weighted by Crippen LogP contribution is -2.40. The molecule has 1 aromatic carbocycles. The normalized spacial score (nSPS) is 18.4. The molecule has 2 rings (SSSR count).